The molecule has 0 bridgehead atoms. The van der Waals surface area contributed by atoms with Gasteiger partial charge in [-0.05, 0) is 45.9 Å². The average molecular weight is 387 g/mol. The predicted octanol–water partition coefficient (Wildman–Crippen LogP) is 4.21. The average Bonchev–Trinajstić information content (AvgIpc) is 2.58. The lowest BCUT2D eigenvalue weighted by Gasteiger charge is -2.41. The quantitative estimate of drug-likeness (QED) is 0.734. The van der Waals surface area contributed by atoms with Crippen LogP contribution in [0, 0.1) is 11.3 Å². The van der Waals surface area contributed by atoms with E-state index in [1.54, 1.807) is 17.2 Å². The number of hydrogen-bond acceptors (Lipinski definition) is 5. The van der Waals surface area contributed by atoms with E-state index >= 15 is 0 Å². The zero-order chi connectivity index (χ0) is 19.8. The third kappa shape index (κ3) is 4.09. The van der Waals surface area contributed by atoms with Gasteiger partial charge in [0.15, 0.2) is 0 Å². The summed E-state index contributed by atoms with van der Waals surface area (Å²) in [6.07, 6.45) is 1.29. The SMILES string of the molecule is C[C@H]1CN(c2c(C#N)cnc3ccc(Cl)cc23)CCN1C(=O)OC(C)(C)C. The molecule has 1 aliphatic rings. The van der Waals surface area contributed by atoms with Crippen LogP contribution < -0.4 is 4.90 Å². The largest absolute Gasteiger partial charge is 0.444 e. The Labute approximate surface area is 164 Å². The van der Waals surface area contributed by atoms with Gasteiger partial charge in [0.1, 0.15) is 11.7 Å². The second kappa shape index (κ2) is 7.24. The zero-order valence-electron chi connectivity index (χ0n) is 16.0. The Morgan fingerprint density at radius 2 is 2.11 bits per heavy atom. The molecule has 0 radical (unpaired) electrons. The van der Waals surface area contributed by atoms with Crippen LogP contribution in [0.25, 0.3) is 10.9 Å². The van der Waals surface area contributed by atoms with Crippen LogP contribution in [0.4, 0.5) is 10.5 Å². The first kappa shape index (κ1) is 19.2. The van der Waals surface area contributed by atoms with Crippen molar-refractivity contribution in [1.29, 1.82) is 5.26 Å². The molecule has 0 spiro atoms. The summed E-state index contributed by atoms with van der Waals surface area (Å²) in [5.74, 6) is 0. The Balaban J connectivity index is 1.90. The molecule has 1 atom stereocenters. The number of rotatable bonds is 1. The number of nitrogens with zero attached hydrogens (tertiary/aromatic N) is 4. The number of anilines is 1. The first-order chi connectivity index (χ1) is 12.7. The van der Waals surface area contributed by atoms with E-state index in [0.717, 1.165) is 16.6 Å². The predicted molar refractivity (Wildman–Crippen MR) is 106 cm³/mol. The molecule has 27 heavy (non-hydrogen) atoms. The molecule has 1 fully saturated rings. The van der Waals surface area contributed by atoms with E-state index in [0.29, 0.717) is 30.2 Å². The molecule has 142 valence electrons. The van der Waals surface area contributed by atoms with Crippen LogP contribution in [0.15, 0.2) is 24.4 Å². The summed E-state index contributed by atoms with van der Waals surface area (Å²) < 4.78 is 5.51. The van der Waals surface area contributed by atoms with Gasteiger partial charge in [0.05, 0.1) is 16.8 Å². The third-order valence-corrected chi connectivity index (χ3v) is 4.73. The number of piperazine rings is 1. The monoisotopic (exact) mass is 386 g/mol. The van der Waals surface area contributed by atoms with Crippen molar-refractivity contribution < 1.29 is 9.53 Å². The summed E-state index contributed by atoms with van der Waals surface area (Å²) in [4.78, 5) is 20.7. The Bertz CT molecular complexity index is 917. The molecule has 1 aromatic carbocycles. The molecule has 2 heterocycles. The van der Waals surface area contributed by atoms with Crippen LogP contribution in [0.3, 0.4) is 0 Å². The van der Waals surface area contributed by atoms with Gasteiger partial charge < -0.3 is 14.5 Å². The number of nitriles is 1. The molecule has 0 unspecified atom stereocenters. The molecular formula is C20H23ClN4O2. The lowest BCUT2D eigenvalue weighted by molar-refractivity contribution is 0.0159. The molecule has 7 heteroatoms. The minimum absolute atomic E-state index is 0.0532. The lowest BCUT2D eigenvalue weighted by atomic mass is 10.1. The Kier molecular flexibility index (Phi) is 5.16. The number of aromatic nitrogens is 1. The van der Waals surface area contributed by atoms with E-state index in [2.05, 4.69) is 16.0 Å². The van der Waals surface area contributed by atoms with E-state index in [-0.39, 0.29) is 12.1 Å². The van der Waals surface area contributed by atoms with E-state index in [1.165, 1.54) is 0 Å². The van der Waals surface area contributed by atoms with Crippen molar-refractivity contribution in [3.8, 4) is 6.07 Å². The number of halogens is 1. The number of benzene rings is 1. The normalized spacial score (nSPS) is 17.7. The van der Waals surface area contributed by atoms with Crippen molar-refractivity contribution in [1.82, 2.24) is 9.88 Å². The fourth-order valence-electron chi connectivity index (χ4n) is 3.33. The van der Waals surface area contributed by atoms with Gasteiger partial charge in [-0.15, -0.1) is 0 Å². The zero-order valence-corrected chi connectivity index (χ0v) is 16.7. The molecule has 0 aliphatic carbocycles. The van der Waals surface area contributed by atoms with Crippen molar-refractivity contribution in [2.75, 3.05) is 24.5 Å². The van der Waals surface area contributed by atoms with Crippen molar-refractivity contribution in [2.24, 2.45) is 0 Å². The van der Waals surface area contributed by atoms with Gasteiger partial charge in [0, 0.05) is 42.3 Å². The molecule has 6 nitrogen and oxygen atoms in total. The molecule has 0 N–H and O–H groups in total. The maximum Gasteiger partial charge on any atom is 0.410 e. The summed E-state index contributed by atoms with van der Waals surface area (Å²) in [6, 6.07) is 7.65. The van der Waals surface area contributed by atoms with Crippen molar-refractivity contribution in [3.63, 3.8) is 0 Å². The van der Waals surface area contributed by atoms with Crippen LogP contribution in [-0.4, -0.2) is 47.3 Å². The van der Waals surface area contributed by atoms with Gasteiger partial charge in [-0.2, -0.15) is 5.26 Å². The van der Waals surface area contributed by atoms with Crippen molar-refractivity contribution in [2.45, 2.75) is 39.3 Å². The van der Waals surface area contributed by atoms with Gasteiger partial charge in [-0.1, -0.05) is 11.6 Å². The summed E-state index contributed by atoms with van der Waals surface area (Å²) in [7, 11) is 0. The molecular weight excluding hydrogens is 364 g/mol. The van der Waals surface area contributed by atoms with Gasteiger partial charge >= 0.3 is 6.09 Å². The molecule has 1 aromatic heterocycles. The van der Waals surface area contributed by atoms with Crippen LogP contribution in [0.1, 0.15) is 33.3 Å². The highest BCUT2D eigenvalue weighted by Crippen LogP contribution is 2.33. The second-order valence-electron chi connectivity index (χ2n) is 7.76. The Hall–Kier alpha value is -2.52. The third-order valence-electron chi connectivity index (χ3n) is 4.49. The van der Waals surface area contributed by atoms with E-state index in [9.17, 15) is 10.1 Å². The van der Waals surface area contributed by atoms with Crippen molar-refractivity contribution >= 4 is 34.3 Å². The number of carbonyl (C=O) groups is 1. The maximum absolute atomic E-state index is 12.5. The van der Waals surface area contributed by atoms with Crippen molar-refractivity contribution in [3.05, 3.63) is 35.0 Å². The van der Waals surface area contributed by atoms with Crippen LogP contribution >= 0.6 is 11.6 Å². The smallest absolute Gasteiger partial charge is 0.410 e. The van der Waals surface area contributed by atoms with Gasteiger partial charge in [-0.25, -0.2) is 4.79 Å². The number of fused-ring (bicyclic) bond motifs is 1. The van der Waals surface area contributed by atoms with Gasteiger partial charge in [0.25, 0.3) is 0 Å². The number of ether oxygens (including phenoxy) is 1. The number of amides is 1. The molecule has 1 saturated heterocycles. The minimum Gasteiger partial charge on any atom is -0.444 e. The molecule has 1 aliphatic heterocycles. The van der Waals surface area contributed by atoms with Gasteiger partial charge in [-0.3, -0.25) is 4.98 Å². The van der Waals surface area contributed by atoms with Gasteiger partial charge in [0.2, 0.25) is 0 Å². The fraction of sp³-hybridized carbons (Fsp3) is 0.450. The molecule has 2 aromatic rings. The summed E-state index contributed by atoms with van der Waals surface area (Å²) in [5, 5.41) is 11.0. The second-order valence-corrected chi connectivity index (χ2v) is 8.20. The standard InChI is InChI=1S/C20H23ClN4O2/c1-13-12-24(7-8-25(13)19(26)27-20(2,3)4)18-14(10-22)11-23-17-6-5-15(21)9-16(17)18/h5-6,9,11,13H,7-8,12H2,1-4H3/t13-/m0/s1. The minimum atomic E-state index is -0.528. The number of hydrogen-bond donors (Lipinski definition) is 0. The molecule has 1 amide bonds. The topological polar surface area (TPSA) is 69.5 Å². The number of pyridine rings is 1. The highest BCUT2D eigenvalue weighted by atomic mass is 35.5. The van der Waals surface area contributed by atoms with Crippen LogP contribution in [0.2, 0.25) is 5.02 Å². The summed E-state index contributed by atoms with van der Waals surface area (Å²) >= 11 is 6.18. The first-order valence-corrected chi connectivity index (χ1v) is 9.30. The highest BCUT2D eigenvalue weighted by molar-refractivity contribution is 6.31. The summed E-state index contributed by atoms with van der Waals surface area (Å²) in [6.45, 7) is 9.28. The fourth-order valence-corrected chi connectivity index (χ4v) is 3.50. The van der Waals surface area contributed by atoms with E-state index in [1.807, 2.05) is 39.8 Å². The van der Waals surface area contributed by atoms with E-state index < -0.39 is 5.60 Å². The van der Waals surface area contributed by atoms with Crippen LogP contribution in [0.5, 0.6) is 0 Å². The maximum atomic E-state index is 12.5. The molecule has 3 rings (SSSR count). The lowest BCUT2D eigenvalue weighted by Crippen LogP contribution is -2.55. The van der Waals surface area contributed by atoms with Crippen LogP contribution in [-0.2, 0) is 4.74 Å². The highest BCUT2D eigenvalue weighted by Gasteiger charge is 2.32. The Morgan fingerprint density at radius 3 is 2.74 bits per heavy atom. The Morgan fingerprint density at radius 1 is 1.37 bits per heavy atom. The van der Waals surface area contributed by atoms with E-state index in [4.69, 9.17) is 16.3 Å². The molecule has 0 saturated carbocycles. The number of carbonyl (C=O) groups excluding carboxylic acids is 1. The first-order valence-electron chi connectivity index (χ1n) is 8.92. The summed E-state index contributed by atoms with van der Waals surface area (Å²) in [5.41, 5.74) is 1.58.